The topological polar surface area (TPSA) is 81.8 Å². The third-order valence-corrected chi connectivity index (χ3v) is 3.28. The maximum atomic E-state index is 10.6. The lowest BCUT2D eigenvalue weighted by atomic mass is 10.0. The SMILES string of the molecule is O=[N+]([O-])c1ccc(Oc2ccc3c(c2)OCCC3O)cc1. The standard InChI is InChI=1S/C15H13NO5/c17-14-7-8-20-15-9-12(5-6-13(14)15)21-11-3-1-10(2-4-11)16(18)19/h1-6,9,14,17H,7-8H2. The summed E-state index contributed by atoms with van der Waals surface area (Å²) in [6.45, 7) is 0.467. The van der Waals surface area contributed by atoms with Crippen molar-refractivity contribution in [1.29, 1.82) is 0 Å². The average Bonchev–Trinajstić information content (AvgIpc) is 2.48. The van der Waals surface area contributed by atoms with Crippen molar-refractivity contribution in [1.82, 2.24) is 0 Å². The van der Waals surface area contributed by atoms with E-state index in [1.807, 2.05) is 0 Å². The summed E-state index contributed by atoms with van der Waals surface area (Å²) in [5.41, 5.74) is 0.761. The van der Waals surface area contributed by atoms with Crippen LogP contribution in [0.2, 0.25) is 0 Å². The van der Waals surface area contributed by atoms with E-state index >= 15 is 0 Å². The van der Waals surface area contributed by atoms with E-state index in [1.165, 1.54) is 24.3 Å². The summed E-state index contributed by atoms with van der Waals surface area (Å²) < 4.78 is 11.1. The highest BCUT2D eigenvalue weighted by Gasteiger charge is 2.19. The molecule has 0 bridgehead atoms. The van der Waals surface area contributed by atoms with Gasteiger partial charge in [-0.1, -0.05) is 0 Å². The van der Waals surface area contributed by atoms with Crippen LogP contribution < -0.4 is 9.47 Å². The minimum atomic E-state index is -0.512. The molecule has 2 aromatic carbocycles. The largest absolute Gasteiger partial charge is 0.493 e. The molecular formula is C15H13NO5. The van der Waals surface area contributed by atoms with Crippen molar-refractivity contribution >= 4 is 5.69 Å². The van der Waals surface area contributed by atoms with Gasteiger partial charge in [-0.2, -0.15) is 0 Å². The molecule has 108 valence electrons. The fourth-order valence-electron chi connectivity index (χ4n) is 2.19. The number of hydrogen-bond donors (Lipinski definition) is 1. The number of nitro groups is 1. The Hall–Kier alpha value is -2.60. The number of nitrogens with zero attached hydrogens (tertiary/aromatic N) is 1. The zero-order valence-corrected chi connectivity index (χ0v) is 11.1. The van der Waals surface area contributed by atoms with Gasteiger partial charge in [-0.15, -0.1) is 0 Å². The van der Waals surface area contributed by atoms with E-state index in [9.17, 15) is 15.2 Å². The molecule has 1 unspecified atom stereocenters. The Morgan fingerprint density at radius 1 is 1.19 bits per heavy atom. The fraction of sp³-hybridized carbons (Fsp3) is 0.200. The number of aliphatic hydroxyl groups excluding tert-OH is 1. The van der Waals surface area contributed by atoms with Gasteiger partial charge in [0.15, 0.2) is 0 Å². The van der Waals surface area contributed by atoms with E-state index in [4.69, 9.17) is 9.47 Å². The normalized spacial score (nSPS) is 16.7. The van der Waals surface area contributed by atoms with Crippen LogP contribution in [0, 0.1) is 10.1 Å². The van der Waals surface area contributed by atoms with Crippen LogP contribution in [-0.2, 0) is 0 Å². The van der Waals surface area contributed by atoms with Gasteiger partial charge in [-0.3, -0.25) is 10.1 Å². The highest BCUT2D eigenvalue weighted by Crippen LogP contribution is 2.36. The van der Waals surface area contributed by atoms with Crippen LogP contribution in [-0.4, -0.2) is 16.6 Å². The predicted octanol–water partition coefficient (Wildman–Crippen LogP) is 3.20. The number of nitro benzene ring substituents is 1. The number of non-ortho nitro benzene ring substituents is 1. The first-order chi connectivity index (χ1) is 10.1. The first-order valence-corrected chi connectivity index (χ1v) is 6.50. The Bertz CT molecular complexity index is 668. The second-order valence-corrected chi connectivity index (χ2v) is 4.71. The van der Waals surface area contributed by atoms with Crippen molar-refractivity contribution in [2.24, 2.45) is 0 Å². The lowest BCUT2D eigenvalue weighted by Gasteiger charge is -2.22. The molecule has 1 heterocycles. The number of hydrogen-bond acceptors (Lipinski definition) is 5. The summed E-state index contributed by atoms with van der Waals surface area (Å²) >= 11 is 0. The van der Waals surface area contributed by atoms with Crippen molar-refractivity contribution in [2.75, 3.05) is 6.61 Å². The van der Waals surface area contributed by atoms with E-state index in [1.54, 1.807) is 18.2 Å². The van der Waals surface area contributed by atoms with Gasteiger partial charge in [0, 0.05) is 30.2 Å². The van der Waals surface area contributed by atoms with E-state index in [0.717, 1.165) is 5.56 Å². The number of aliphatic hydroxyl groups is 1. The first kappa shape index (κ1) is 13.4. The molecule has 0 spiro atoms. The Morgan fingerprint density at radius 2 is 1.90 bits per heavy atom. The summed E-state index contributed by atoms with van der Waals surface area (Å²) in [4.78, 5) is 10.1. The molecule has 0 fully saturated rings. The lowest BCUT2D eigenvalue weighted by Crippen LogP contribution is -2.13. The zero-order chi connectivity index (χ0) is 14.8. The molecule has 0 amide bonds. The Kier molecular flexibility index (Phi) is 3.45. The van der Waals surface area contributed by atoms with E-state index in [0.29, 0.717) is 30.3 Å². The first-order valence-electron chi connectivity index (χ1n) is 6.50. The average molecular weight is 287 g/mol. The second kappa shape index (κ2) is 5.41. The molecule has 0 aromatic heterocycles. The molecule has 1 N–H and O–H groups in total. The van der Waals surface area contributed by atoms with Gasteiger partial charge in [0.05, 0.1) is 17.6 Å². The summed E-state index contributed by atoms with van der Waals surface area (Å²) in [5, 5.41) is 20.4. The van der Waals surface area contributed by atoms with Crippen LogP contribution in [0.4, 0.5) is 5.69 Å². The third kappa shape index (κ3) is 2.80. The van der Waals surface area contributed by atoms with Crippen LogP contribution in [0.3, 0.4) is 0 Å². The molecular weight excluding hydrogens is 274 g/mol. The molecule has 1 aliphatic rings. The molecule has 3 rings (SSSR count). The monoisotopic (exact) mass is 287 g/mol. The third-order valence-electron chi connectivity index (χ3n) is 3.28. The predicted molar refractivity (Wildman–Crippen MR) is 74.7 cm³/mol. The molecule has 0 aliphatic carbocycles. The summed E-state index contributed by atoms with van der Waals surface area (Å²) in [5.74, 6) is 1.65. The number of rotatable bonds is 3. The highest BCUT2D eigenvalue weighted by atomic mass is 16.6. The van der Waals surface area contributed by atoms with Gasteiger partial charge < -0.3 is 14.6 Å². The Labute approximate surface area is 120 Å². The second-order valence-electron chi connectivity index (χ2n) is 4.71. The zero-order valence-electron chi connectivity index (χ0n) is 11.1. The van der Waals surface area contributed by atoms with E-state index < -0.39 is 11.0 Å². The summed E-state index contributed by atoms with van der Waals surface area (Å²) in [6.07, 6.45) is 0.0670. The molecule has 0 saturated heterocycles. The van der Waals surface area contributed by atoms with Crippen LogP contribution in [0.25, 0.3) is 0 Å². The van der Waals surface area contributed by atoms with Gasteiger partial charge in [0.1, 0.15) is 17.2 Å². The van der Waals surface area contributed by atoms with Gasteiger partial charge in [-0.05, 0) is 24.3 Å². The maximum Gasteiger partial charge on any atom is 0.269 e. The summed E-state index contributed by atoms with van der Waals surface area (Å²) in [6, 6.07) is 11.0. The van der Waals surface area contributed by atoms with Crippen LogP contribution in [0.5, 0.6) is 17.2 Å². The van der Waals surface area contributed by atoms with Crippen LogP contribution in [0.1, 0.15) is 18.1 Å². The molecule has 0 saturated carbocycles. The Morgan fingerprint density at radius 3 is 2.62 bits per heavy atom. The van der Waals surface area contributed by atoms with Gasteiger partial charge in [-0.25, -0.2) is 0 Å². The van der Waals surface area contributed by atoms with Crippen molar-refractivity contribution in [3.05, 3.63) is 58.1 Å². The molecule has 1 atom stereocenters. The van der Waals surface area contributed by atoms with Crippen LogP contribution >= 0.6 is 0 Å². The van der Waals surface area contributed by atoms with Crippen molar-refractivity contribution in [2.45, 2.75) is 12.5 Å². The molecule has 0 radical (unpaired) electrons. The molecule has 1 aliphatic heterocycles. The highest BCUT2D eigenvalue weighted by molar-refractivity contribution is 5.45. The molecule has 21 heavy (non-hydrogen) atoms. The smallest absolute Gasteiger partial charge is 0.269 e. The minimum Gasteiger partial charge on any atom is -0.493 e. The van der Waals surface area contributed by atoms with Gasteiger partial charge in [0.2, 0.25) is 0 Å². The Balaban J connectivity index is 1.80. The fourth-order valence-corrected chi connectivity index (χ4v) is 2.19. The molecule has 6 nitrogen and oxygen atoms in total. The van der Waals surface area contributed by atoms with Gasteiger partial charge >= 0.3 is 0 Å². The minimum absolute atomic E-state index is 0.0132. The van der Waals surface area contributed by atoms with Crippen molar-refractivity contribution < 1.29 is 19.5 Å². The molecule has 6 heteroatoms. The van der Waals surface area contributed by atoms with Gasteiger partial charge in [0.25, 0.3) is 5.69 Å². The van der Waals surface area contributed by atoms with Crippen LogP contribution in [0.15, 0.2) is 42.5 Å². The number of fused-ring (bicyclic) bond motifs is 1. The van der Waals surface area contributed by atoms with E-state index in [2.05, 4.69) is 0 Å². The summed E-state index contributed by atoms with van der Waals surface area (Å²) in [7, 11) is 0. The number of ether oxygens (including phenoxy) is 2. The molecule has 2 aromatic rings. The van der Waals surface area contributed by atoms with Crippen molar-refractivity contribution in [3.63, 3.8) is 0 Å². The quantitative estimate of drug-likeness (QED) is 0.692. The number of benzene rings is 2. The van der Waals surface area contributed by atoms with Crippen molar-refractivity contribution in [3.8, 4) is 17.2 Å². The maximum absolute atomic E-state index is 10.6. The lowest BCUT2D eigenvalue weighted by molar-refractivity contribution is -0.384. The van der Waals surface area contributed by atoms with E-state index in [-0.39, 0.29) is 5.69 Å².